The Morgan fingerprint density at radius 3 is 2.24 bits per heavy atom. The monoisotopic (exact) mass is 412 g/mol. The molecule has 1 fully saturated rings. The quantitative estimate of drug-likeness (QED) is 0.683. The van der Waals surface area contributed by atoms with Crippen LogP contribution in [0.1, 0.15) is 25.8 Å². The van der Waals surface area contributed by atoms with Crippen LogP contribution in [0.4, 0.5) is 10.1 Å². The molecule has 150 valence electrons. The smallest absolute Gasteiger partial charge is 0.282 e. The summed E-state index contributed by atoms with van der Waals surface area (Å²) in [6, 6.07) is 12.4. The normalized spacial score (nSPS) is 22.6. The third-order valence-corrected chi connectivity index (χ3v) is 5.68. The molecule has 29 heavy (non-hydrogen) atoms. The van der Waals surface area contributed by atoms with E-state index in [1.54, 1.807) is 36.4 Å². The van der Waals surface area contributed by atoms with Crippen molar-refractivity contribution in [3.63, 3.8) is 0 Å². The minimum atomic E-state index is -0.412. The number of nitrogens with zero attached hydrogens (tertiary/aromatic N) is 2. The number of amides is 2. The fourth-order valence-corrected chi connectivity index (χ4v) is 4.57. The van der Waals surface area contributed by atoms with Gasteiger partial charge in [0.25, 0.3) is 11.8 Å². The number of carbonyl (C=O) groups excluding carboxylic acids is 2. The van der Waals surface area contributed by atoms with E-state index in [0.29, 0.717) is 52.5 Å². The summed E-state index contributed by atoms with van der Waals surface area (Å²) in [6.45, 7) is 5.70. The zero-order valence-electron chi connectivity index (χ0n) is 16.4. The standard InChI is InChI=1S/C23H22ClFN2O2/c1-14-10-15(2)13-26(12-14)21-20(16-6-8-18(25)9-7-16)22(28)27(23(21)29)19-5-3-4-17(24)11-19/h3-9,11,14-15H,10,12-13H2,1-2H3. The van der Waals surface area contributed by atoms with Crippen LogP contribution in [0, 0.1) is 17.7 Å². The molecule has 2 aromatic rings. The lowest BCUT2D eigenvalue weighted by atomic mass is 9.91. The molecule has 6 heteroatoms. The van der Waals surface area contributed by atoms with Gasteiger partial charge in [-0.1, -0.05) is 43.6 Å². The minimum Gasteiger partial charge on any atom is -0.366 e. The lowest BCUT2D eigenvalue weighted by molar-refractivity contribution is -0.120. The maximum absolute atomic E-state index is 13.5. The molecule has 4 rings (SSSR count). The van der Waals surface area contributed by atoms with Gasteiger partial charge in [-0.25, -0.2) is 9.29 Å². The highest BCUT2D eigenvalue weighted by atomic mass is 35.5. The first-order valence-electron chi connectivity index (χ1n) is 9.74. The van der Waals surface area contributed by atoms with Gasteiger partial charge in [0, 0.05) is 18.1 Å². The first-order chi connectivity index (χ1) is 13.8. The van der Waals surface area contributed by atoms with Gasteiger partial charge in [-0.05, 0) is 54.2 Å². The Hall–Kier alpha value is -2.66. The van der Waals surface area contributed by atoms with E-state index in [1.165, 1.54) is 17.0 Å². The summed E-state index contributed by atoms with van der Waals surface area (Å²) in [5, 5.41) is 0.445. The molecule has 0 N–H and O–H groups in total. The predicted molar refractivity (Wildman–Crippen MR) is 112 cm³/mol. The Kier molecular flexibility index (Phi) is 5.17. The predicted octanol–water partition coefficient (Wildman–Crippen LogP) is 4.74. The number of likely N-dealkylation sites (tertiary alicyclic amines) is 1. The zero-order chi connectivity index (χ0) is 20.7. The average Bonchev–Trinajstić information content (AvgIpc) is 2.92. The third kappa shape index (κ3) is 3.67. The maximum Gasteiger partial charge on any atom is 0.282 e. The topological polar surface area (TPSA) is 40.6 Å². The van der Waals surface area contributed by atoms with Crippen molar-refractivity contribution in [3.8, 4) is 0 Å². The highest BCUT2D eigenvalue weighted by Gasteiger charge is 2.43. The molecule has 2 amide bonds. The summed E-state index contributed by atoms with van der Waals surface area (Å²) in [6.07, 6.45) is 1.08. The molecule has 0 saturated carbocycles. The van der Waals surface area contributed by atoms with Gasteiger partial charge in [0.1, 0.15) is 11.5 Å². The van der Waals surface area contributed by atoms with Gasteiger partial charge in [0.2, 0.25) is 0 Å². The number of imide groups is 1. The van der Waals surface area contributed by atoms with Crippen LogP contribution in [-0.2, 0) is 9.59 Å². The molecular formula is C23H22ClFN2O2. The first-order valence-corrected chi connectivity index (χ1v) is 10.1. The number of anilines is 1. The van der Waals surface area contributed by atoms with Crippen LogP contribution in [0.3, 0.4) is 0 Å². The molecule has 2 unspecified atom stereocenters. The van der Waals surface area contributed by atoms with Crippen molar-refractivity contribution in [2.75, 3.05) is 18.0 Å². The van der Waals surface area contributed by atoms with E-state index < -0.39 is 5.91 Å². The Bertz CT molecular complexity index is 992. The highest BCUT2D eigenvalue weighted by Crippen LogP contribution is 2.37. The summed E-state index contributed by atoms with van der Waals surface area (Å²) >= 11 is 6.10. The molecule has 2 aromatic carbocycles. The number of hydrogen-bond acceptors (Lipinski definition) is 3. The summed E-state index contributed by atoms with van der Waals surface area (Å²) in [4.78, 5) is 30.1. The van der Waals surface area contributed by atoms with Gasteiger partial charge in [0.05, 0.1) is 11.3 Å². The second-order valence-electron chi connectivity index (χ2n) is 8.01. The first kappa shape index (κ1) is 19.6. The summed E-state index contributed by atoms with van der Waals surface area (Å²) < 4.78 is 13.5. The van der Waals surface area contributed by atoms with Crippen LogP contribution < -0.4 is 4.90 Å². The van der Waals surface area contributed by atoms with Crippen LogP contribution in [0.5, 0.6) is 0 Å². The molecular weight excluding hydrogens is 391 g/mol. The Balaban J connectivity index is 1.84. The summed E-state index contributed by atoms with van der Waals surface area (Å²) in [5.74, 6) is -0.352. The molecule has 2 aliphatic heterocycles. The van der Waals surface area contributed by atoms with Gasteiger partial charge in [0.15, 0.2) is 0 Å². The van der Waals surface area contributed by atoms with Crippen molar-refractivity contribution in [2.24, 2.45) is 11.8 Å². The number of halogens is 2. The van der Waals surface area contributed by atoms with Crippen LogP contribution in [0.15, 0.2) is 54.2 Å². The van der Waals surface area contributed by atoms with E-state index in [4.69, 9.17) is 11.6 Å². The van der Waals surface area contributed by atoms with Crippen molar-refractivity contribution in [1.82, 2.24) is 4.90 Å². The number of hydrogen-bond donors (Lipinski definition) is 0. The molecule has 1 saturated heterocycles. The SMILES string of the molecule is CC1CC(C)CN(C2=C(c3ccc(F)cc3)C(=O)N(c3cccc(Cl)c3)C2=O)C1. The Morgan fingerprint density at radius 1 is 0.966 bits per heavy atom. The van der Waals surface area contributed by atoms with Gasteiger partial charge in [-0.3, -0.25) is 9.59 Å². The van der Waals surface area contributed by atoms with E-state index >= 15 is 0 Å². The Morgan fingerprint density at radius 2 is 1.62 bits per heavy atom. The van der Waals surface area contributed by atoms with Crippen LogP contribution in [0.25, 0.3) is 5.57 Å². The number of carbonyl (C=O) groups is 2. The van der Waals surface area contributed by atoms with E-state index in [1.807, 2.05) is 4.90 Å². The maximum atomic E-state index is 13.5. The molecule has 2 heterocycles. The van der Waals surface area contributed by atoms with Crippen LogP contribution in [-0.4, -0.2) is 29.8 Å². The van der Waals surface area contributed by atoms with Crippen LogP contribution in [0.2, 0.25) is 5.02 Å². The van der Waals surface area contributed by atoms with Gasteiger partial charge >= 0.3 is 0 Å². The fourth-order valence-electron chi connectivity index (χ4n) is 4.38. The lowest BCUT2D eigenvalue weighted by Gasteiger charge is -2.37. The van der Waals surface area contributed by atoms with Crippen molar-refractivity contribution in [2.45, 2.75) is 20.3 Å². The van der Waals surface area contributed by atoms with E-state index in [2.05, 4.69) is 13.8 Å². The lowest BCUT2D eigenvalue weighted by Crippen LogP contribution is -2.42. The largest absolute Gasteiger partial charge is 0.366 e. The third-order valence-electron chi connectivity index (χ3n) is 5.44. The number of benzene rings is 2. The van der Waals surface area contributed by atoms with E-state index in [9.17, 15) is 14.0 Å². The molecule has 0 spiro atoms. The minimum absolute atomic E-state index is 0.316. The van der Waals surface area contributed by atoms with Crippen molar-refractivity contribution >= 4 is 34.7 Å². The van der Waals surface area contributed by atoms with Gasteiger partial charge < -0.3 is 4.90 Å². The fraction of sp³-hybridized carbons (Fsp3) is 0.304. The molecule has 0 aliphatic carbocycles. The number of rotatable bonds is 3. The van der Waals surface area contributed by atoms with Crippen molar-refractivity contribution in [1.29, 1.82) is 0 Å². The number of piperidine rings is 1. The second-order valence-corrected chi connectivity index (χ2v) is 8.44. The summed E-state index contributed by atoms with van der Waals surface area (Å²) in [5.41, 5.74) is 1.67. The average molecular weight is 413 g/mol. The van der Waals surface area contributed by atoms with Crippen LogP contribution >= 0.6 is 11.6 Å². The van der Waals surface area contributed by atoms with Gasteiger partial charge in [-0.2, -0.15) is 0 Å². The molecule has 2 aliphatic rings. The Labute approximate surface area is 174 Å². The van der Waals surface area contributed by atoms with Crippen molar-refractivity contribution < 1.29 is 14.0 Å². The van der Waals surface area contributed by atoms with E-state index in [0.717, 1.165) is 6.42 Å². The molecule has 4 nitrogen and oxygen atoms in total. The van der Waals surface area contributed by atoms with Crippen molar-refractivity contribution in [3.05, 3.63) is 70.6 Å². The molecule has 2 atom stereocenters. The molecule has 0 bridgehead atoms. The highest BCUT2D eigenvalue weighted by molar-refractivity contribution is 6.45. The van der Waals surface area contributed by atoms with Gasteiger partial charge in [-0.15, -0.1) is 0 Å². The second kappa shape index (κ2) is 7.64. The van der Waals surface area contributed by atoms with E-state index in [-0.39, 0.29) is 11.7 Å². The molecule has 0 aromatic heterocycles. The molecule has 0 radical (unpaired) electrons. The summed E-state index contributed by atoms with van der Waals surface area (Å²) in [7, 11) is 0. The zero-order valence-corrected chi connectivity index (χ0v) is 17.1.